The molecule has 2 atom stereocenters. The van der Waals surface area contributed by atoms with Gasteiger partial charge in [0.25, 0.3) is 0 Å². The van der Waals surface area contributed by atoms with Crippen LogP contribution >= 0.6 is 0 Å². The molecule has 0 bridgehead atoms. The number of likely N-dealkylation sites (tertiary alicyclic amines) is 1. The fraction of sp³-hybridized carbons (Fsp3) is 0.750. The zero-order valence-electron chi connectivity index (χ0n) is 17.9. The van der Waals surface area contributed by atoms with E-state index in [2.05, 4.69) is 4.98 Å². The van der Waals surface area contributed by atoms with E-state index in [1.807, 2.05) is 16.7 Å². The molecule has 0 saturated carbocycles. The summed E-state index contributed by atoms with van der Waals surface area (Å²) in [5.74, 6) is -1.36. The van der Waals surface area contributed by atoms with Crippen LogP contribution in [-0.4, -0.2) is 92.7 Å². The molecular weight excluding hydrogens is 415 g/mol. The van der Waals surface area contributed by atoms with Gasteiger partial charge in [-0.2, -0.15) is 13.2 Å². The average molecular weight is 445 g/mol. The van der Waals surface area contributed by atoms with Gasteiger partial charge < -0.3 is 19.5 Å². The van der Waals surface area contributed by atoms with Crippen molar-refractivity contribution >= 4 is 11.8 Å². The molecule has 2 aliphatic rings. The second kappa shape index (κ2) is 9.15. The number of carbonyl (C=O) groups is 2. The number of halogens is 3. The molecule has 3 heterocycles. The number of carbonyl (C=O) groups excluding carboxylic acids is 2. The van der Waals surface area contributed by atoms with Gasteiger partial charge in [0.15, 0.2) is 5.82 Å². The highest BCUT2D eigenvalue weighted by Gasteiger charge is 2.59. The lowest BCUT2D eigenvalue weighted by Gasteiger charge is -2.39. The Labute approximate surface area is 179 Å². The number of imidazole rings is 1. The Balaban J connectivity index is 1.57. The van der Waals surface area contributed by atoms with Crippen LogP contribution < -0.4 is 0 Å². The molecule has 1 aromatic rings. The number of hydrogen-bond acceptors (Lipinski definition) is 5. The summed E-state index contributed by atoms with van der Waals surface area (Å²) in [6.07, 6.45) is -0.644. The van der Waals surface area contributed by atoms with Crippen molar-refractivity contribution in [3.63, 3.8) is 0 Å². The molecule has 1 N–H and O–H groups in total. The smallest absolute Gasteiger partial charge is 0.374 e. The third-order valence-electron chi connectivity index (χ3n) is 6.27. The Bertz CT molecular complexity index is 791. The Morgan fingerprint density at radius 3 is 2.35 bits per heavy atom. The molecule has 2 aliphatic heterocycles. The highest BCUT2D eigenvalue weighted by molar-refractivity contribution is 5.79. The van der Waals surface area contributed by atoms with E-state index in [9.17, 15) is 27.9 Å². The van der Waals surface area contributed by atoms with Crippen molar-refractivity contribution < 1.29 is 27.9 Å². The summed E-state index contributed by atoms with van der Waals surface area (Å²) in [4.78, 5) is 33.9. The van der Waals surface area contributed by atoms with Gasteiger partial charge in [0, 0.05) is 58.2 Å². The fourth-order valence-electron chi connectivity index (χ4n) is 4.31. The van der Waals surface area contributed by atoms with Crippen LogP contribution in [0.4, 0.5) is 13.2 Å². The number of hydrogen-bond donors (Lipinski definition) is 1. The minimum atomic E-state index is -5.05. The zero-order chi connectivity index (χ0) is 22.8. The van der Waals surface area contributed by atoms with E-state index in [4.69, 9.17) is 0 Å². The topological polar surface area (TPSA) is 81.9 Å². The lowest BCUT2D eigenvalue weighted by molar-refractivity contribution is -0.272. The predicted octanol–water partition coefficient (Wildman–Crippen LogP) is 1.11. The number of aromatic nitrogens is 2. The SMILES string of the molecule is CC1CCCCN1C(=O)CN1CCN(C(=O)CC(O)(c2nccn2C)C(F)(F)F)CC1. The second-order valence-corrected chi connectivity index (χ2v) is 8.49. The second-order valence-electron chi connectivity index (χ2n) is 8.49. The first-order chi connectivity index (χ1) is 14.5. The molecule has 0 spiro atoms. The molecule has 8 nitrogen and oxygen atoms in total. The van der Waals surface area contributed by atoms with Crippen molar-refractivity contribution in [2.75, 3.05) is 39.3 Å². The fourth-order valence-corrected chi connectivity index (χ4v) is 4.31. The minimum Gasteiger partial charge on any atom is -0.374 e. The molecule has 3 rings (SSSR count). The first-order valence-electron chi connectivity index (χ1n) is 10.6. The molecule has 2 fully saturated rings. The van der Waals surface area contributed by atoms with Gasteiger partial charge in [-0.25, -0.2) is 4.98 Å². The van der Waals surface area contributed by atoms with Crippen LogP contribution in [0.2, 0.25) is 0 Å². The lowest BCUT2D eigenvalue weighted by Crippen LogP contribution is -2.55. The van der Waals surface area contributed by atoms with Gasteiger partial charge in [-0.3, -0.25) is 14.5 Å². The third-order valence-corrected chi connectivity index (χ3v) is 6.27. The largest absolute Gasteiger partial charge is 0.425 e. The van der Waals surface area contributed by atoms with Crippen LogP contribution in [-0.2, 0) is 22.2 Å². The maximum atomic E-state index is 13.7. The summed E-state index contributed by atoms with van der Waals surface area (Å²) >= 11 is 0. The summed E-state index contributed by atoms with van der Waals surface area (Å²) in [7, 11) is 1.34. The first kappa shape index (κ1) is 23.5. The number of rotatable bonds is 5. The summed E-state index contributed by atoms with van der Waals surface area (Å²) < 4.78 is 42.1. The van der Waals surface area contributed by atoms with E-state index in [1.54, 1.807) is 0 Å². The van der Waals surface area contributed by atoms with E-state index in [1.165, 1.54) is 18.1 Å². The summed E-state index contributed by atoms with van der Waals surface area (Å²) in [5, 5.41) is 10.4. The van der Waals surface area contributed by atoms with Crippen LogP contribution in [0, 0.1) is 0 Å². The highest BCUT2D eigenvalue weighted by atomic mass is 19.4. The normalized spacial score (nSPS) is 23.0. The Hall–Kier alpha value is -2.14. The molecule has 0 aromatic carbocycles. The number of piperazine rings is 1. The average Bonchev–Trinajstić information content (AvgIpc) is 3.14. The predicted molar refractivity (Wildman–Crippen MR) is 106 cm³/mol. The lowest BCUT2D eigenvalue weighted by atomic mass is 9.96. The molecule has 0 radical (unpaired) electrons. The van der Waals surface area contributed by atoms with E-state index in [0.717, 1.165) is 36.6 Å². The Kier molecular flexibility index (Phi) is 6.95. The number of aliphatic hydroxyl groups is 1. The van der Waals surface area contributed by atoms with Crippen LogP contribution in [0.25, 0.3) is 0 Å². The van der Waals surface area contributed by atoms with Gasteiger partial charge >= 0.3 is 6.18 Å². The quantitative estimate of drug-likeness (QED) is 0.734. The molecule has 2 amide bonds. The monoisotopic (exact) mass is 445 g/mol. The summed E-state index contributed by atoms with van der Waals surface area (Å²) in [6, 6.07) is 0.218. The van der Waals surface area contributed by atoms with E-state index < -0.39 is 29.9 Å². The van der Waals surface area contributed by atoms with Gasteiger partial charge in [0.05, 0.1) is 13.0 Å². The van der Waals surface area contributed by atoms with Gasteiger partial charge in [-0.05, 0) is 26.2 Å². The van der Waals surface area contributed by atoms with Crippen molar-refractivity contribution in [3.05, 3.63) is 18.2 Å². The van der Waals surface area contributed by atoms with Crippen molar-refractivity contribution in [2.24, 2.45) is 7.05 Å². The van der Waals surface area contributed by atoms with Crippen molar-refractivity contribution in [2.45, 2.75) is 50.4 Å². The standard InChI is InChI=1S/C20H30F3N5O3/c1-15-5-3-4-7-28(15)17(30)14-26-9-11-27(12-10-26)16(29)13-19(31,20(21,22)23)18-24-6-8-25(18)2/h6,8,15,31H,3-5,7,9-14H2,1-2H3. The maximum absolute atomic E-state index is 13.7. The van der Waals surface area contributed by atoms with E-state index in [-0.39, 0.29) is 31.6 Å². The number of nitrogens with zero attached hydrogens (tertiary/aromatic N) is 5. The minimum absolute atomic E-state index is 0.0493. The van der Waals surface area contributed by atoms with Crippen molar-refractivity contribution in [3.8, 4) is 0 Å². The summed E-state index contributed by atoms with van der Waals surface area (Å²) in [5.41, 5.74) is -3.36. The molecule has 0 aliphatic carbocycles. The van der Waals surface area contributed by atoms with Crippen LogP contribution in [0.3, 0.4) is 0 Å². The Morgan fingerprint density at radius 1 is 1.13 bits per heavy atom. The van der Waals surface area contributed by atoms with Gasteiger partial charge in [0.1, 0.15) is 0 Å². The molecule has 1 aromatic heterocycles. The van der Waals surface area contributed by atoms with Gasteiger partial charge in [-0.15, -0.1) is 0 Å². The molecule has 2 unspecified atom stereocenters. The summed E-state index contributed by atoms with van der Waals surface area (Å²) in [6.45, 7) is 4.23. The number of alkyl halides is 3. The van der Waals surface area contributed by atoms with E-state index in [0.29, 0.717) is 13.1 Å². The first-order valence-corrected chi connectivity index (χ1v) is 10.6. The zero-order valence-corrected chi connectivity index (χ0v) is 17.9. The van der Waals surface area contributed by atoms with Crippen LogP contribution in [0.1, 0.15) is 38.4 Å². The number of amides is 2. The third kappa shape index (κ3) is 5.03. The molecule has 174 valence electrons. The van der Waals surface area contributed by atoms with Crippen molar-refractivity contribution in [1.29, 1.82) is 0 Å². The highest BCUT2D eigenvalue weighted by Crippen LogP contribution is 2.41. The number of piperidine rings is 1. The maximum Gasteiger partial charge on any atom is 0.425 e. The molecule has 31 heavy (non-hydrogen) atoms. The van der Waals surface area contributed by atoms with Gasteiger partial charge in [0.2, 0.25) is 17.4 Å². The van der Waals surface area contributed by atoms with Crippen molar-refractivity contribution in [1.82, 2.24) is 24.3 Å². The van der Waals surface area contributed by atoms with Gasteiger partial charge in [-0.1, -0.05) is 0 Å². The Morgan fingerprint density at radius 2 is 1.81 bits per heavy atom. The molecule has 11 heteroatoms. The van der Waals surface area contributed by atoms with Crippen LogP contribution in [0.5, 0.6) is 0 Å². The van der Waals surface area contributed by atoms with Crippen LogP contribution in [0.15, 0.2) is 12.4 Å². The molecule has 2 saturated heterocycles. The van der Waals surface area contributed by atoms with E-state index >= 15 is 0 Å². The number of aryl methyl sites for hydroxylation is 1. The molecular formula is C20H30F3N5O3.